The minimum absolute atomic E-state index is 0.00139. The van der Waals surface area contributed by atoms with E-state index >= 15 is 0 Å². The molecule has 2 aromatic carbocycles. The van der Waals surface area contributed by atoms with Gasteiger partial charge in [-0.1, -0.05) is 47.1 Å². The Kier molecular flexibility index (Phi) is 4.44. The first-order chi connectivity index (χ1) is 12.7. The molecule has 26 heavy (non-hydrogen) atoms. The molecule has 1 unspecified atom stereocenters. The highest BCUT2D eigenvalue weighted by molar-refractivity contribution is 6.32. The molecule has 0 radical (unpaired) electrons. The van der Waals surface area contributed by atoms with Gasteiger partial charge in [0.25, 0.3) is 5.91 Å². The van der Waals surface area contributed by atoms with Crippen molar-refractivity contribution in [1.29, 1.82) is 0 Å². The van der Waals surface area contributed by atoms with E-state index in [2.05, 4.69) is 10.3 Å². The van der Waals surface area contributed by atoms with E-state index in [1.54, 1.807) is 17.0 Å². The fourth-order valence-corrected chi connectivity index (χ4v) is 3.53. The Morgan fingerprint density at radius 1 is 1.15 bits per heavy atom. The molecule has 1 N–H and O–H groups in total. The fourth-order valence-electron chi connectivity index (χ4n) is 3.31. The predicted octanol–water partition coefficient (Wildman–Crippen LogP) is 2.73. The zero-order chi connectivity index (χ0) is 18.1. The molecular weight excluding hydrogens is 352 g/mol. The highest BCUT2D eigenvalue weighted by Crippen LogP contribution is 2.31. The number of amides is 1. The number of benzene rings is 2. The van der Waals surface area contributed by atoms with Crippen LogP contribution >= 0.6 is 11.6 Å². The van der Waals surface area contributed by atoms with Gasteiger partial charge in [0.2, 0.25) is 0 Å². The number of nitrogens with zero attached hydrogens (tertiary/aromatic N) is 4. The topological polar surface area (TPSA) is 71.2 Å². The first kappa shape index (κ1) is 16.8. The second-order valence-corrected chi connectivity index (χ2v) is 6.69. The monoisotopic (exact) mass is 368 g/mol. The first-order valence-corrected chi connectivity index (χ1v) is 8.73. The molecule has 0 spiro atoms. The third-order valence-electron chi connectivity index (χ3n) is 4.58. The summed E-state index contributed by atoms with van der Waals surface area (Å²) in [5.74, 6) is -0.223. The van der Waals surface area contributed by atoms with Crippen LogP contribution in [0.3, 0.4) is 0 Å². The Balaban J connectivity index is 1.76. The maximum absolute atomic E-state index is 13.3. The van der Waals surface area contributed by atoms with E-state index in [-0.39, 0.29) is 18.4 Å². The molecule has 1 atom stereocenters. The van der Waals surface area contributed by atoms with Gasteiger partial charge in [-0.15, -0.1) is 5.10 Å². The van der Waals surface area contributed by atoms with E-state index in [9.17, 15) is 9.90 Å². The Morgan fingerprint density at radius 3 is 2.65 bits per heavy atom. The second-order valence-electron chi connectivity index (χ2n) is 6.28. The second kappa shape index (κ2) is 6.90. The lowest BCUT2D eigenvalue weighted by Gasteiger charge is -2.33. The van der Waals surface area contributed by atoms with Gasteiger partial charge in [-0.05, 0) is 30.2 Å². The molecule has 0 saturated heterocycles. The summed E-state index contributed by atoms with van der Waals surface area (Å²) in [5.41, 5.74) is 2.82. The lowest BCUT2D eigenvalue weighted by atomic mass is 9.93. The van der Waals surface area contributed by atoms with E-state index in [0.29, 0.717) is 22.9 Å². The molecule has 2 heterocycles. The summed E-state index contributed by atoms with van der Waals surface area (Å²) in [6.45, 7) is 0.472. The average Bonchev–Trinajstić information content (AvgIpc) is 3.16. The molecule has 0 aliphatic carbocycles. The molecule has 0 fully saturated rings. The van der Waals surface area contributed by atoms with Gasteiger partial charge in [0.1, 0.15) is 0 Å². The van der Waals surface area contributed by atoms with Crippen molar-refractivity contribution < 1.29 is 9.90 Å². The van der Waals surface area contributed by atoms with Gasteiger partial charge in [-0.3, -0.25) is 4.79 Å². The third kappa shape index (κ3) is 2.87. The smallest absolute Gasteiger partial charge is 0.278 e. The number of aliphatic hydroxyl groups is 1. The summed E-state index contributed by atoms with van der Waals surface area (Å²) in [6.07, 6.45) is 2.19. The van der Waals surface area contributed by atoms with Crippen molar-refractivity contribution in [2.45, 2.75) is 6.42 Å². The molecule has 6 nitrogen and oxygen atoms in total. The maximum atomic E-state index is 13.3. The molecule has 1 amide bonds. The number of hydrogen-bond donors (Lipinski definition) is 1. The molecule has 1 aliphatic rings. The van der Waals surface area contributed by atoms with E-state index in [4.69, 9.17) is 11.6 Å². The molecule has 0 bridgehead atoms. The molecule has 1 aromatic heterocycles. The number of carbonyl (C=O) groups is 1. The van der Waals surface area contributed by atoms with Gasteiger partial charge in [-0.2, -0.15) is 0 Å². The van der Waals surface area contributed by atoms with Crippen molar-refractivity contribution in [1.82, 2.24) is 15.0 Å². The Bertz CT molecular complexity index is 956. The number of halogens is 1. The van der Waals surface area contributed by atoms with Gasteiger partial charge in [0.05, 0.1) is 16.9 Å². The first-order valence-electron chi connectivity index (χ1n) is 8.35. The van der Waals surface area contributed by atoms with Crippen LogP contribution in [0, 0.1) is 5.92 Å². The summed E-state index contributed by atoms with van der Waals surface area (Å²) in [5, 5.41) is 18.1. The minimum Gasteiger partial charge on any atom is -0.396 e. The Morgan fingerprint density at radius 2 is 1.88 bits per heavy atom. The summed E-state index contributed by atoms with van der Waals surface area (Å²) in [6, 6.07) is 14.9. The normalized spacial score (nSPS) is 16.4. The predicted molar refractivity (Wildman–Crippen MR) is 98.8 cm³/mol. The van der Waals surface area contributed by atoms with Gasteiger partial charge in [0, 0.05) is 24.8 Å². The zero-order valence-corrected chi connectivity index (χ0v) is 14.7. The van der Waals surface area contributed by atoms with Crippen LogP contribution in [-0.2, 0) is 6.42 Å². The van der Waals surface area contributed by atoms with Crippen LogP contribution in [-0.4, -0.2) is 39.2 Å². The minimum atomic E-state index is -0.222. The van der Waals surface area contributed by atoms with Gasteiger partial charge >= 0.3 is 0 Å². The number of carbonyl (C=O) groups excluding carboxylic acids is 1. The van der Waals surface area contributed by atoms with E-state index < -0.39 is 0 Å². The molecule has 132 valence electrons. The van der Waals surface area contributed by atoms with Crippen LogP contribution in [0.1, 0.15) is 16.1 Å². The summed E-state index contributed by atoms with van der Waals surface area (Å²) < 4.78 is 1.45. The Hall–Kier alpha value is -2.70. The number of aromatic nitrogens is 3. The number of anilines is 1. The number of hydrogen-bond acceptors (Lipinski definition) is 4. The van der Waals surface area contributed by atoms with Gasteiger partial charge < -0.3 is 10.0 Å². The fraction of sp³-hybridized carbons (Fsp3) is 0.211. The average molecular weight is 369 g/mol. The number of rotatable bonds is 3. The zero-order valence-electron chi connectivity index (χ0n) is 13.9. The van der Waals surface area contributed by atoms with Crippen LogP contribution in [0.25, 0.3) is 5.69 Å². The quantitative estimate of drug-likeness (QED) is 0.771. The summed E-state index contributed by atoms with van der Waals surface area (Å²) in [4.78, 5) is 15.0. The van der Waals surface area contributed by atoms with Crippen molar-refractivity contribution in [2.75, 3.05) is 18.1 Å². The third-order valence-corrected chi connectivity index (χ3v) is 4.90. The van der Waals surface area contributed by atoms with Crippen LogP contribution < -0.4 is 4.90 Å². The standard InChI is InChI=1S/C19H17ClN4O2/c20-15-6-2-4-8-17(15)24-18(10-21-22-24)19(26)23-11-13(12-25)9-14-5-1-3-7-16(14)23/h1-8,10,13,25H,9,11-12H2. The van der Waals surface area contributed by atoms with Crippen LogP contribution in [0.2, 0.25) is 5.02 Å². The summed E-state index contributed by atoms with van der Waals surface area (Å²) >= 11 is 6.26. The van der Waals surface area contributed by atoms with Crippen LogP contribution in [0.15, 0.2) is 54.7 Å². The SMILES string of the molecule is O=C(c1cnnn1-c1ccccc1Cl)N1CC(CO)Cc2ccccc21. The molecule has 1 aliphatic heterocycles. The van der Waals surface area contributed by atoms with E-state index in [0.717, 1.165) is 17.7 Å². The highest BCUT2D eigenvalue weighted by Gasteiger charge is 2.30. The van der Waals surface area contributed by atoms with E-state index in [1.807, 2.05) is 36.4 Å². The molecule has 3 aromatic rings. The molecule has 4 rings (SSSR count). The highest BCUT2D eigenvalue weighted by atomic mass is 35.5. The lowest BCUT2D eigenvalue weighted by Crippen LogP contribution is -2.41. The van der Waals surface area contributed by atoms with Crippen molar-refractivity contribution in [3.8, 4) is 5.69 Å². The number of fused-ring (bicyclic) bond motifs is 1. The summed E-state index contributed by atoms with van der Waals surface area (Å²) in [7, 11) is 0. The van der Waals surface area contributed by atoms with Crippen LogP contribution in [0.4, 0.5) is 5.69 Å². The van der Waals surface area contributed by atoms with Crippen molar-refractivity contribution in [3.05, 3.63) is 71.0 Å². The van der Waals surface area contributed by atoms with Crippen molar-refractivity contribution >= 4 is 23.2 Å². The van der Waals surface area contributed by atoms with Crippen LogP contribution in [0.5, 0.6) is 0 Å². The molecule has 7 heteroatoms. The van der Waals surface area contributed by atoms with Crippen molar-refractivity contribution in [2.24, 2.45) is 5.92 Å². The van der Waals surface area contributed by atoms with E-state index in [1.165, 1.54) is 10.9 Å². The largest absolute Gasteiger partial charge is 0.396 e. The maximum Gasteiger partial charge on any atom is 0.278 e. The van der Waals surface area contributed by atoms with Gasteiger partial charge in [0.15, 0.2) is 5.69 Å². The molecular formula is C19H17ClN4O2. The Labute approximate surface area is 155 Å². The van der Waals surface area contributed by atoms with Gasteiger partial charge in [-0.25, -0.2) is 4.68 Å². The number of aliphatic hydroxyl groups excluding tert-OH is 1. The number of para-hydroxylation sites is 2. The lowest BCUT2D eigenvalue weighted by molar-refractivity contribution is 0.0967. The molecule has 0 saturated carbocycles. The van der Waals surface area contributed by atoms with Crippen molar-refractivity contribution in [3.63, 3.8) is 0 Å².